The molecule has 1 aromatic heterocycles. The van der Waals surface area contributed by atoms with Crippen molar-refractivity contribution in [2.45, 2.75) is 38.5 Å². The van der Waals surface area contributed by atoms with Gasteiger partial charge in [0.05, 0.1) is 5.69 Å². The van der Waals surface area contributed by atoms with Crippen molar-refractivity contribution in [3.05, 3.63) is 17.0 Å². The van der Waals surface area contributed by atoms with E-state index in [1.807, 2.05) is 0 Å². The van der Waals surface area contributed by atoms with E-state index in [9.17, 15) is 4.79 Å². The van der Waals surface area contributed by atoms with Crippen LogP contribution in [0.4, 0.5) is 0 Å². The maximum atomic E-state index is 11.1. The topological polar surface area (TPSA) is 55.1 Å². The summed E-state index contributed by atoms with van der Waals surface area (Å²) < 4.78 is 5.27. The van der Waals surface area contributed by atoms with Crippen molar-refractivity contribution in [2.24, 2.45) is 0 Å². The first-order valence-corrected chi connectivity index (χ1v) is 5.48. The van der Waals surface area contributed by atoms with Crippen molar-refractivity contribution < 1.29 is 9.32 Å². The smallest absolute Gasteiger partial charge is 0.220 e. The highest BCUT2D eigenvalue weighted by Gasteiger charge is 2.19. The molecule has 1 aromatic rings. The van der Waals surface area contributed by atoms with Crippen LogP contribution in [-0.2, 0) is 24.1 Å². The predicted molar refractivity (Wildman–Crippen MR) is 55.5 cm³/mol. The number of rotatable bonds is 3. The van der Waals surface area contributed by atoms with Gasteiger partial charge in [0.1, 0.15) is 5.76 Å². The van der Waals surface area contributed by atoms with Crippen LogP contribution in [0.25, 0.3) is 0 Å². The molecule has 0 saturated carbocycles. The quantitative estimate of drug-likeness (QED) is 0.812. The van der Waals surface area contributed by atoms with Crippen LogP contribution in [0.1, 0.15) is 36.3 Å². The summed E-state index contributed by atoms with van der Waals surface area (Å²) in [6, 6.07) is 0. The van der Waals surface area contributed by atoms with E-state index in [4.69, 9.17) is 4.52 Å². The van der Waals surface area contributed by atoms with Crippen molar-refractivity contribution in [1.82, 2.24) is 10.5 Å². The minimum atomic E-state index is 0.0579. The number of aromatic nitrogens is 1. The molecule has 4 heteroatoms. The number of hydrogen-bond donors (Lipinski definition) is 1. The highest BCUT2D eigenvalue weighted by molar-refractivity contribution is 5.75. The summed E-state index contributed by atoms with van der Waals surface area (Å²) in [4.78, 5) is 11.1. The molecule has 82 valence electrons. The number of nitrogens with zero attached hydrogens (tertiary/aromatic N) is 1. The third-order valence-corrected chi connectivity index (χ3v) is 2.90. The van der Waals surface area contributed by atoms with E-state index in [1.54, 1.807) is 7.05 Å². The molecule has 15 heavy (non-hydrogen) atoms. The fourth-order valence-electron chi connectivity index (χ4n) is 2.00. The molecular formula is C11H16N2O2. The molecule has 0 bridgehead atoms. The average Bonchev–Trinajstić information content (AvgIpc) is 2.69. The van der Waals surface area contributed by atoms with Crippen molar-refractivity contribution in [2.75, 3.05) is 7.05 Å². The monoisotopic (exact) mass is 208 g/mol. The summed E-state index contributed by atoms with van der Waals surface area (Å²) in [6.07, 6.45) is 5.65. The molecule has 0 fully saturated rings. The third kappa shape index (κ3) is 2.19. The molecule has 0 spiro atoms. The number of carbonyl (C=O) groups is 1. The maximum Gasteiger partial charge on any atom is 0.220 e. The van der Waals surface area contributed by atoms with Crippen LogP contribution in [0.2, 0.25) is 0 Å². The molecule has 0 unspecified atom stereocenters. The molecule has 1 aliphatic carbocycles. The standard InChI is InChI=1S/C11H16N2O2/c1-12-11(14)7-6-9-8-4-2-3-5-10(8)15-13-9/h2-7H2,1H3,(H,12,14). The Balaban J connectivity index is 2.02. The van der Waals surface area contributed by atoms with Crippen LogP contribution in [0, 0.1) is 0 Å². The van der Waals surface area contributed by atoms with Gasteiger partial charge in [-0.3, -0.25) is 4.79 Å². The van der Waals surface area contributed by atoms with Gasteiger partial charge in [-0.2, -0.15) is 0 Å². The normalized spacial score (nSPS) is 14.7. The lowest BCUT2D eigenvalue weighted by Gasteiger charge is -2.08. The number of hydrogen-bond acceptors (Lipinski definition) is 3. The second-order valence-electron chi connectivity index (χ2n) is 3.91. The Labute approximate surface area is 89.0 Å². The molecule has 0 atom stereocenters. The number of fused-ring (bicyclic) bond motifs is 1. The van der Waals surface area contributed by atoms with E-state index in [1.165, 1.54) is 18.4 Å². The first-order valence-electron chi connectivity index (χ1n) is 5.48. The Hall–Kier alpha value is -1.32. The van der Waals surface area contributed by atoms with E-state index < -0.39 is 0 Å². The zero-order chi connectivity index (χ0) is 10.7. The highest BCUT2D eigenvalue weighted by atomic mass is 16.5. The van der Waals surface area contributed by atoms with Gasteiger partial charge in [0.2, 0.25) is 5.91 Å². The Bertz CT molecular complexity index is 357. The first-order chi connectivity index (χ1) is 7.31. The summed E-state index contributed by atoms with van der Waals surface area (Å²) >= 11 is 0. The molecular weight excluding hydrogens is 192 g/mol. The van der Waals surface area contributed by atoms with Crippen LogP contribution >= 0.6 is 0 Å². The van der Waals surface area contributed by atoms with Crippen molar-refractivity contribution in [3.8, 4) is 0 Å². The second-order valence-corrected chi connectivity index (χ2v) is 3.91. The van der Waals surface area contributed by atoms with Gasteiger partial charge in [-0.05, 0) is 19.3 Å². The lowest BCUT2D eigenvalue weighted by molar-refractivity contribution is -0.120. The second kappa shape index (κ2) is 4.47. The van der Waals surface area contributed by atoms with E-state index >= 15 is 0 Å². The Morgan fingerprint density at radius 1 is 1.47 bits per heavy atom. The average molecular weight is 208 g/mol. The van der Waals surface area contributed by atoms with Gasteiger partial charge in [0.25, 0.3) is 0 Å². The molecule has 1 aliphatic rings. The number of nitrogens with one attached hydrogen (secondary N) is 1. The van der Waals surface area contributed by atoms with Gasteiger partial charge in [-0.25, -0.2) is 0 Å². The van der Waals surface area contributed by atoms with Gasteiger partial charge in [0.15, 0.2) is 0 Å². The van der Waals surface area contributed by atoms with Crippen molar-refractivity contribution in [1.29, 1.82) is 0 Å². The molecule has 1 heterocycles. The molecule has 1 amide bonds. The minimum Gasteiger partial charge on any atom is -0.361 e. The van der Waals surface area contributed by atoms with Crippen molar-refractivity contribution in [3.63, 3.8) is 0 Å². The predicted octanol–water partition coefficient (Wildman–Crippen LogP) is 1.23. The number of aryl methyl sites for hydroxylation is 2. The summed E-state index contributed by atoms with van der Waals surface area (Å²) in [7, 11) is 1.65. The van der Waals surface area contributed by atoms with E-state index in [0.29, 0.717) is 12.8 Å². The fraction of sp³-hybridized carbons (Fsp3) is 0.636. The zero-order valence-electron chi connectivity index (χ0n) is 9.01. The van der Waals surface area contributed by atoms with E-state index in [2.05, 4.69) is 10.5 Å². The largest absolute Gasteiger partial charge is 0.361 e. The Kier molecular flexibility index (Phi) is 3.04. The third-order valence-electron chi connectivity index (χ3n) is 2.90. The van der Waals surface area contributed by atoms with Gasteiger partial charge in [-0.1, -0.05) is 5.16 Å². The molecule has 1 N–H and O–H groups in total. The van der Waals surface area contributed by atoms with E-state index in [-0.39, 0.29) is 5.91 Å². The Morgan fingerprint density at radius 3 is 3.07 bits per heavy atom. The Morgan fingerprint density at radius 2 is 2.27 bits per heavy atom. The summed E-state index contributed by atoms with van der Waals surface area (Å²) in [5.74, 6) is 1.09. The highest BCUT2D eigenvalue weighted by Crippen LogP contribution is 2.24. The molecule has 0 aliphatic heterocycles. The summed E-state index contributed by atoms with van der Waals surface area (Å²) in [6.45, 7) is 0. The van der Waals surface area contributed by atoms with Crippen LogP contribution in [0.15, 0.2) is 4.52 Å². The maximum absolute atomic E-state index is 11.1. The van der Waals surface area contributed by atoms with Crippen molar-refractivity contribution >= 4 is 5.91 Å². The first kappa shape index (κ1) is 10.2. The van der Waals surface area contributed by atoms with Gasteiger partial charge in [0, 0.05) is 31.9 Å². The van der Waals surface area contributed by atoms with Gasteiger partial charge in [-0.15, -0.1) is 0 Å². The number of amides is 1. The lowest BCUT2D eigenvalue weighted by Crippen LogP contribution is -2.18. The van der Waals surface area contributed by atoms with Crippen LogP contribution < -0.4 is 5.32 Å². The van der Waals surface area contributed by atoms with Gasteiger partial charge >= 0.3 is 0 Å². The molecule has 4 nitrogen and oxygen atoms in total. The van der Waals surface area contributed by atoms with E-state index in [0.717, 1.165) is 24.3 Å². The van der Waals surface area contributed by atoms with Crippen LogP contribution in [-0.4, -0.2) is 18.1 Å². The van der Waals surface area contributed by atoms with Crippen LogP contribution in [0.3, 0.4) is 0 Å². The SMILES string of the molecule is CNC(=O)CCc1noc2c1CCCC2. The molecule has 0 aromatic carbocycles. The molecule has 2 rings (SSSR count). The zero-order valence-corrected chi connectivity index (χ0v) is 9.01. The minimum absolute atomic E-state index is 0.0579. The summed E-state index contributed by atoms with van der Waals surface area (Å²) in [5.41, 5.74) is 2.23. The molecule has 0 saturated heterocycles. The fourth-order valence-corrected chi connectivity index (χ4v) is 2.00. The molecule has 0 radical (unpaired) electrons. The lowest BCUT2D eigenvalue weighted by atomic mass is 9.95. The van der Waals surface area contributed by atoms with Gasteiger partial charge < -0.3 is 9.84 Å². The number of carbonyl (C=O) groups excluding carboxylic acids is 1. The van der Waals surface area contributed by atoms with Crippen LogP contribution in [0.5, 0.6) is 0 Å². The summed E-state index contributed by atoms with van der Waals surface area (Å²) in [5, 5.41) is 6.66.